The Balaban J connectivity index is 2.05. The second-order valence-electron chi connectivity index (χ2n) is 6.51. The maximum atomic E-state index is 11.1. The number of carbonyl (C=O) groups is 1. The fourth-order valence-electron chi connectivity index (χ4n) is 3.37. The Morgan fingerprint density at radius 3 is 2.50 bits per heavy atom. The summed E-state index contributed by atoms with van der Waals surface area (Å²) in [5.41, 5.74) is 3.63. The molecule has 0 amide bonds. The van der Waals surface area contributed by atoms with Gasteiger partial charge in [0.25, 0.3) is 0 Å². The average Bonchev–Trinajstić information content (AvgIpc) is 2.87. The summed E-state index contributed by atoms with van der Waals surface area (Å²) >= 11 is 0. The molecule has 2 aromatic carbocycles. The second-order valence-corrected chi connectivity index (χ2v) is 6.51. The van der Waals surface area contributed by atoms with Crippen LogP contribution in [0.4, 0.5) is 0 Å². The van der Waals surface area contributed by atoms with Gasteiger partial charge >= 0.3 is 5.97 Å². The van der Waals surface area contributed by atoms with E-state index in [-0.39, 0.29) is 12.6 Å². The molecule has 126 valence electrons. The van der Waals surface area contributed by atoms with Crippen molar-refractivity contribution >= 4 is 27.8 Å². The zero-order valence-corrected chi connectivity index (χ0v) is 14.5. The molecule has 0 spiro atoms. The van der Waals surface area contributed by atoms with Gasteiger partial charge in [-0.15, -0.1) is 0 Å². The van der Waals surface area contributed by atoms with Crippen molar-refractivity contribution in [3.8, 4) is 0 Å². The second kappa shape index (κ2) is 6.65. The highest BCUT2D eigenvalue weighted by Gasteiger charge is 2.15. The van der Waals surface area contributed by atoms with Gasteiger partial charge in [-0.25, -0.2) is 0 Å². The zero-order chi connectivity index (χ0) is 17.3. The minimum Gasteiger partial charge on any atom is -0.480 e. The molecule has 0 aliphatic carbocycles. The summed E-state index contributed by atoms with van der Waals surface area (Å²) in [4.78, 5) is 13.1. The number of aromatic nitrogens is 1. The van der Waals surface area contributed by atoms with Crippen molar-refractivity contribution in [2.24, 2.45) is 0 Å². The molecule has 0 saturated carbocycles. The molecule has 1 N–H and O–H groups in total. The molecule has 4 heteroatoms. The summed E-state index contributed by atoms with van der Waals surface area (Å²) < 4.78 is 2.33. The Hall–Kier alpha value is -2.33. The van der Waals surface area contributed by atoms with E-state index in [4.69, 9.17) is 5.11 Å². The van der Waals surface area contributed by atoms with Gasteiger partial charge in [0.2, 0.25) is 0 Å². The highest BCUT2D eigenvalue weighted by molar-refractivity contribution is 6.08. The van der Waals surface area contributed by atoms with E-state index in [0.717, 1.165) is 12.1 Å². The molecule has 0 saturated heterocycles. The molecular formula is C20H24N2O2. The Morgan fingerprint density at radius 1 is 1.12 bits per heavy atom. The van der Waals surface area contributed by atoms with Gasteiger partial charge in [-0.05, 0) is 44.5 Å². The summed E-state index contributed by atoms with van der Waals surface area (Å²) in [6.45, 7) is 7.86. The lowest BCUT2D eigenvalue weighted by atomic mass is 10.1. The molecule has 1 heterocycles. The van der Waals surface area contributed by atoms with E-state index in [1.807, 2.05) is 18.7 Å². The van der Waals surface area contributed by atoms with Crippen LogP contribution in [0, 0.1) is 0 Å². The number of rotatable bonds is 6. The Morgan fingerprint density at radius 2 is 1.83 bits per heavy atom. The maximum absolute atomic E-state index is 11.1. The van der Waals surface area contributed by atoms with E-state index in [9.17, 15) is 4.79 Å². The first-order valence-electron chi connectivity index (χ1n) is 8.47. The fraction of sp³-hybridized carbons (Fsp3) is 0.350. The van der Waals surface area contributed by atoms with Crippen LogP contribution in [-0.2, 0) is 17.9 Å². The first-order valence-corrected chi connectivity index (χ1v) is 8.47. The third-order valence-corrected chi connectivity index (χ3v) is 4.61. The van der Waals surface area contributed by atoms with Gasteiger partial charge in [-0.3, -0.25) is 9.69 Å². The Labute approximate surface area is 142 Å². The predicted octanol–water partition coefficient (Wildman–Crippen LogP) is 4.11. The van der Waals surface area contributed by atoms with Crippen molar-refractivity contribution in [3.63, 3.8) is 0 Å². The van der Waals surface area contributed by atoms with Crippen LogP contribution in [-0.4, -0.2) is 33.1 Å². The fourth-order valence-corrected chi connectivity index (χ4v) is 3.37. The van der Waals surface area contributed by atoms with E-state index in [1.54, 1.807) is 0 Å². The van der Waals surface area contributed by atoms with Crippen molar-refractivity contribution < 1.29 is 9.90 Å². The highest BCUT2D eigenvalue weighted by atomic mass is 16.4. The van der Waals surface area contributed by atoms with Gasteiger partial charge in [0.15, 0.2) is 0 Å². The molecule has 0 atom stereocenters. The zero-order valence-electron chi connectivity index (χ0n) is 14.5. The maximum Gasteiger partial charge on any atom is 0.317 e. The molecule has 0 unspecified atom stereocenters. The lowest BCUT2D eigenvalue weighted by molar-refractivity contribution is -0.138. The van der Waals surface area contributed by atoms with E-state index >= 15 is 0 Å². The van der Waals surface area contributed by atoms with Gasteiger partial charge < -0.3 is 9.67 Å². The quantitative estimate of drug-likeness (QED) is 0.742. The summed E-state index contributed by atoms with van der Waals surface area (Å²) in [6.07, 6.45) is 0. The smallest absolute Gasteiger partial charge is 0.317 e. The summed E-state index contributed by atoms with van der Waals surface area (Å²) in [6, 6.07) is 15.1. The minimum atomic E-state index is -0.785. The number of hydrogen-bond donors (Lipinski definition) is 1. The van der Waals surface area contributed by atoms with Crippen LogP contribution in [0.2, 0.25) is 0 Å². The molecule has 3 rings (SSSR count). The van der Waals surface area contributed by atoms with Crippen molar-refractivity contribution in [1.29, 1.82) is 0 Å². The van der Waals surface area contributed by atoms with Crippen molar-refractivity contribution in [2.75, 3.05) is 6.54 Å². The van der Waals surface area contributed by atoms with Gasteiger partial charge in [0, 0.05) is 40.9 Å². The number of hydrogen-bond acceptors (Lipinski definition) is 2. The van der Waals surface area contributed by atoms with E-state index in [1.165, 1.54) is 21.8 Å². The van der Waals surface area contributed by atoms with Crippen LogP contribution >= 0.6 is 0 Å². The highest BCUT2D eigenvalue weighted by Crippen LogP contribution is 2.30. The number of benzene rings is 2. The van der Waals surface area contributed by atoms with Crippen LogP contribution in [0.5, 0.6) is 0 Å². The summed E-state index contributed by atoms with van der Waals surface area (Å²) in [5.74, 6) is -0.785. The Kier molecular flexibility index (Phi) is 4.58. The molecule has 0 radical (unpaired) electrons. The van der Waals surface area contributed by atoms with Crippen LogP contribution in [0.25, 0.3) is 21.8 Å². The molecule has 0 bridgehead atoms. The number of carboxylic acids is 1. The lowest BCUT2D eigenvalue weighted by Crippen LogP contribution is -2.35. The first kappa shape index (κ1) is 16.5. The number of carboxylic acid groups (broad SMARTS) is 1. The number of aliphatic carboxylic acids is 1. The standard InChI is InChI=1S/C20H24N2O2/c1-4-22-18-8-6-5-7-16(18)17-11-15(9-10-19(17)22)12-21(14(2)3)13-20(23)24/h5-11,14H,4,12-13H2,1-3H3,(H,23,24). The lowest BCUT2D eigenvalue weighted by Gasteiger charge is -2.24. The van der Waals surface area contributed by atoms with Crippen LogP contribution in [0.1, 0.15) is 26.3 Å². The molecule has 0 fully saturated rings. The third kappa shape index (κ3) is 3.02. The topological polar surface area (TPSA) is 45.5 Å². The number of aryl methyl sites for hydroxylation is 1. The van der Waals surface area contributed by atoms with Crippen molar-refractivity contribution in [1.82, 2.24) is 9.47 Å². The van der Waals surface area contributed by atoms with Crippen LogP contribution < -0.4 is 0 Å². The molecule has 1 aromatic heterocycles. The summed E-state index contributed by atoms with van der Waals surface area (Å²) in [7, 11) is 0. The van der Waals surface area contributed by atoms with Gasteiger partial charge in [0.1, 0.15) is 0 Å². The van der Waals surface area contributed by atoms with Crippen molar-refractivity contribution in [2.45, 2.75) is 39.9 Å². The minimum absolute atomic E-state index is 0.0619. The number of nitrogens with zero attached hydrogens (tertiary/aromatic N) is 2. The normalized spacial score (nSPS) is 11.9. The van der Waals surface area contributed by atoms with Gasteiger partial charge in [0.05, 0.1) is 6.54 Å². The third-order valence-electron chi connectivity index (χ3n) is 4.61. The van der Waals surface area contributed by atoms with E-state index in [2.05, 4.69) is 54.0 Å². The average molecular weight is 324 g/mol. The molecule has 0 aliphatic heterocycles. The predicted molar refractivity (Wildman–Crippen MR) is 98.3 cm³/mol. The number of para-hydroxylation sites is 1. The van der Waals surface area contributed by atoms with Gasteiger partial charge in [-0.2, -0.15) is 0 Å². The van der Waals surface area contributed by atoms with Gasteiger partial charge in [-0.1, -0.05) is 24.3 Å². The largest absolute Gasteiger partial charge is 0.480 e. The van der Waals surface area contributed by atoms with Crippen LogP contribution in [0.15, 0.2) is 42.5 Å². The SMILES string of the molecule is CCn1c2ccccc2c2cc(CN(CC(=O)O)C(C)C)ccc21. The van der Waals surface area contributed by atoms with Crippen molar-refractivity contribution in [3.05, 3.63) is 48.0 Å². The summed E-state index contributed by atoms with van der Waals surface area (Å²) in [5, 5.41) is 11.6. The molecule has 4 nitrogen and oxygen atoms in total. The molecule has 24 heavy (non-hydrogen) atoms. The monoisotopic (exact) mass is 324 g/mol. The Bertz CT molecular complexity index is 880. The van der Waals surface area contributed by atoms with E-state index < -0.39 is 5.97 Å². The molecular weight excluding hydrogens is 300 g/mol. The first-order chi connectivity index (χ1) is 11.5. The van der Waals surface area contributed by atoms with E-state index in [0.29, 0.717) is 6.54 Å². The number of fused-ring (bicyclic) bond motifs is 3. The molecule has 0 aliphatic rings. The van der Waals surface area contributed by atoms with Crippen LogP contribution in [0.3, 0.4) is 0 Å². The molecule has 3 aromatic rings.